The molecule has 0 aliphatic rings. The predicted molar refractivity (Wildman–Crippen MR) is 86.4 cm³/mol. The number of hydrogen-bond donors (Lipinski definition) is 2. The number of nitrogens with zero attached hydrogens (tertiary/aromatic N) is 4. The predicted octanol–water partition coefficient (Wildman–Crippen LogP) is 2.59. The molecule has 0 amide bonds. The Morgan fingerprint density at radius 2 is 1.82 bits per heavy atom. The standard InChI is InChI=1S/C16H16N6/c1-17-16-21-14(13-4-2-3-7-19-13)10-15(22-16)20-11-12-5-8-18-9-6-12/h2-10H,11H2,1H3,(H2,17,20,21,22). The van der Waals surface area contributed by atoms with E-state index in [2.05, 4.69) is 30.6 Å². The smallest absolute Gasteiger partial charge is 0.224 e. The van der Waals surface area contributed by atoms with Crippen molar-refractivity contribution in [1.29, 1.82) is 0 Å². The number of nitrogens with one attached hydrogen (secondary N) is 2. The van der Waals surface area contributed by atoms with Gasteiger partial charge in [0.05, 0.1) is 11.4 Å². The zero-order valence-corrected chi connectivity index (χ0v) is 12.2. The fourth-order valence-electron chi connectivity index (χ4n) is 1.99. The van der Waals surface area contributed by atoms with Crippen LogP contribution in [0.1, 0.15) is 5.56 Å². The molecule has 110 valence electrons. The van der Waals surface area contributed by atoms with Crippen LogP contribution in [0, 0.1) is 0 Å². The normalized spacial score (nSPS) is 10.2. The lowest BCUT2D eigenvalue weighted by Crippen LogP contribution is -2.05. The number of pyridine rings is 2. The Morgan fingerprint density at radius 1 is 0.955 bits per heavy atom. The molecule has 0 saturated carbocycles. The lowest BCUT2D eigenvalue weighted by atomic mass is 10.2. The second kappa shape index (κ2) is 6.62. The van der Waals surface area contributed by atoms with Crippen LogP contribution in [0.2, 0.25) is 0 Å². The van der Waals surface area contributed by atoms with Gasteiger partial charge in [-0.1, -0.05) is 6.07 Å². The van der Waals surface area contributed by atoms with Crippen LogP contribution in [0.3, 0.4) is 0 Å². The highest BCUT2D eigenvalue weighted by molar-refractivity contribution is 5.60. The molecular weight excluding hydrogens is 276 g/mol. The average Bonchev–Trinajstić information content (AvgIpc) is 2.61. The fourth-order valence-corrected chi connectivity index (χ4v) is 1.99. The van der Waals surface area contributed by atoms with E-state index in [4.69, 9.17) is 0 Å². The van der Waals surface area contributed by atoms with E-state index in [1.54, 1.807) is 25.6 Å². The van der Waals surface area contributed by atoms with Crippen molar-refractivity contribution in [2.24, 2.45) is 0 Å². The van der Waals surface area contributed by atoms with Gasteiger partial charge in [-0.2, -0.15) is 4.98 Å². The van der Waals surface area contributed by atoms with E-state index in [-0.39, 0.29) is 0 Å². The molecule has 0 aromatic carbocycles. The lowest BCUT2D eigenvalue weighted by molar-refractivity contribution is 1.07. The van der Waals surface area contributed by atoms with Crippen molar-refractivity contribution in [3.8, 4) is 11.4 Å². The topological polar surface area (TPSA) is 75.6 Å². The van der Waals surface area contributed by atoms with Crippen molar-refractivity contribution in [3.05, 3.63) is 60.6 Å². The van der Waals surface area contributed by atoms with Crippen molar-refractivity contribution in [2.75, 3.05) is 17.7 Å². The van der Waals surface area contributed by atoms with E-state index in [1.165, 1.54) is 0 Å². The summed E-state index contributed by atoms with van der Waals surface area (Å²) in [6.45, 7) is 0.671. The fraction of sp³-hybridized carbons (Fsp3) is 0.125. The Balaban J connectivity index is 1.85. The molecule has 0 aliphatic heterocycles. The second-order valence-corrected chi connectivity index (χ2v) is 4.64. The molecule has 3 heterocycles. The summed E-state index contributed by atoms with van der Waals surface area (Å²) in [6, 6.07) is 11.6. The first-order valence-electron chi connectivity index (χ1n) is 6.96. The second-order valence-electron chi connectivity index (χ2n) is 4.64. The number of rotatable bonds is 5. The minimum absolute atomic E-state index is 0.556. The summed E-state index contributed by atoms with van der Waals surface area (Å²) in [5.41, 5.74) is 2.73. The Kier molecular flexibility index (Phi) is 4.20. The van der Waals surface area contributed by atoms with Gasteiger partial charge in [0.2, 0.25) is 5.95 Å². The van der Waals surface area contributed by atoms with Crippen LogP contribution in [0.4, 0.5) is 11.8 Å². The van der Waals surface area contributed by atoms with E-state index in [9.17, 15) is 0 Å². The molecule has 6 heteroatoms. The van der Waals surface area contributed by atoms with Crippen LogP contribution in [-0.4, -0.2) is 27.0 Å². The number of anilines is 2. The van der Waals surface area contributed by atoms with Crippen LogP contribution < -0.4 is 10.6 Å². The summed E-state index contributed by atoms with van der Waals surface area (Å²) in [5.74, 6) is 1.30. The summed E-state index contributed by atoms with van der Waals surface area (Å²) < 4.78 is 0. The molecule has 0 fully saturated rings. The van der Waals surface area contributed by atoms with Gasteiger partial charge in [-0.3, -0.25) is 9.97 Å². The quantitative estimate of drug-likeness (QED) is 0.753. The molecular formula is C16H16N6. The molecule has 0 spiro atoms. The van der Waals surface area contributed by atoms with Crippen molar-refractivity contribution in [2.45, 2.75) is 6.54 Å². The minimum atomic E-state index is 0.556. The van der Waals surface area contributed by atoms with Crippen LogP contribution in [0.5, 0.6) is 0 Å². The SMILES string of the molecule is CNc1nc(NCc2ccncc2)cc(-c2ccccn2)n1. The van der Waals surface area contributed by atoms with Crippen molar-refractivity contribution in [1.82, 2.24) is 19.9 Å². The molecule has 0 bridgehead atoms. The van der Waals surface area contributed by atoms with Crippen molar-refractivity contribution in [3.63, 3.8) is 0 Å². The van der Waals surface area contributed by atoms with Crippen LogP contribution in [0.25, 0.3) is 11.4 Å². The zero-order valence-electron chi connectivity index (χ0n) is 12.2. The molecule has 3 rings (SSSR count). The maximum Gasteiger partial charge on any atom is 0.224 e. The van der Waals surface area contributed by atoms with E-state index in [0.29, 0.717) is 12.5 Å². The summed E-state index contributed by atoms with van der Waals surface area (Å²) >= 11 is 0. The highest BCUT2D eigenvalue weighted by atomic mass is 15.1. The average molecular weight is 292 g/mol. The summed E-state index contributed by atoms with van der Waals surface area (Å²) in [5, 5.41) is 6.27. The summed E-state index contributed by atoms with van der Waals surface area (Å²) in [4.78, 5) is 17.2. The van der Waals surface area contributed by atoms with Crippen LogP contribution in [-0.2, 0) is 6.54 Å². The summed E-state index contributed by atoms with van der Waals surface area (Å²) in [7, 11) is 1.80. The van der Waals surface area contributed by atoms with Gasteiger partial charge in [0.15, 0.2) is 0 Å². The van der Waals surface area contributed by atoms with Gasteiger partial charge in [0, 0.05) is 38.2 Å². The Labute approximate surface area is 128 Å². The molecule has 0 atom stereocenters. The third kappa shape index (κ3) is 3.35. The maximum atomic E-state index is 4.44. The van der Waals surface area contributed by atoms with Gasteiger partial charge < -0.3 is 10.6 Å². The van der Waals surface area contributed by atoms with Crippen molar-refractivity contribution >= 4 is 11.8 Å². The molecule has 22 heavy (non-hydrogen) atoms. The Morgan fingerprint density at radius 3 is 2.55 bits per heavy atom. The van der Waals surface area contributed by atoms with Gasteiger partial charge >= 0.3 is 0 Å². The molecule has 2 N–H and O–H groups in total. The maximum absolute atomic E-state index is 4.44. The van der Waals surface area contributed by atoms with E-state index in [1.807, 2.05) is 36.4 Å². The summed E-state index contributed by atoms with van der Waals surface area (Å²) in [6.07, 6.45) is 5.30. The van der Waals surface area contributed by atoms with Gasteiger partial charge in [-0.15, -0.1) is 0 Å². The Hall–Kier alpha value is -3.02. The number of aromatic nitrogens is 4. The third-order valence-electron chi connectivity index (χ3n) is 3.10. The highest BCUT2D eigenvalue weighted by Gasteiger charge is 2.06. The van der Waals surface area contributed by atoms with Crippen molar-refractivity contribution < 1.29 is 0 Å². The van der Waals surface area contributed by atoms with Gasteiger partial charge in [-0.25, -0.2) is 4.98 Å². The number of hydrogen-bond acceptors (Lipinski definition) is 6. The van der Waals surface area contributed by atoms with Gasteiger partial charge in [-0.05, 0) is 29.8 Å². The van der Waals surface area contributed by atoms with Crippen LogP contribution >= 0.6 is 0 Å². The minimum Gasteiger partial charge on any atom is -0.366 e. The molecule has 0 aliphatic carbocycles. The van der Waals surface area contributed by atoms with E-state index in [0.717, 1.165) is 22.8 Å². The molecule has 0 radical (unpaired) electrons. The Bertz CT molecular complexity index is 730. The van der Waals surface area contributed by atoms with Gasteiger partial charge in [0.1, 0.15) is 5.82 Å². The van der Waals surface area contributed by atoms with E-state index < -0.39 is 0 Å². The van der Waals surface area contributed by atoms with Crippen LogP contribution in [0.15, 0.2) is 55.0 Å². The first-order chi connectivity index (χ1) is 10.8. The molecule has 3 aromatic rings. The monoisotopic (exact) mass is 292 g/mol. The largest absolute Gasteiger partial charge is 0.366 e. The van der Waals surface area contributed by atoms with E-state index >= 15 is 0 Å². The first kappa shape index (κ1) is 13.9. The lowest BCUT2D eigenvalue weighted by Gasteiger charge is -2.09. The molecule has 0 saturated heterocycles. The molecule has 3 aromatic heterocycles. The first-order valence-corrected chi connectivity index (χ1v) is 6.96. The molecule has 6 nitrogen and oxygen atoms in total. The zero-order chi connectivity index (χ0) is 15.2. The highest BCUT2D eigenvalue weighted by Crippen LogP contribution is 2.19. The molecule has 0 unspecified atom stereocenters. The third-order valence-corrected chi connectivity index (χ3v) is 3.10. The van der Waals surface area contributed by atoms with Gasteiger partial charge in [0.25, 0.3) is 0 Å².